The van der Waals surface area contributed by atoms with Gasteiger partial charge >= 0.3 is 0 Å². The van der Waals surface area contributed by atoms with Crippen LogP contribution in [0.4, 0.5) is 5.69 Å². The van der Waals surface area contributed by atoms with Gasteiger partial charge in [-0.15, -0.1) is 5.53 Å². The fourth-order valence-corrected chi connectivity index (χ4v) is 13.3. The lowest BCUT2D eigenvalue weighted by Crippen LogP contribution is -2.67. The van der Waals surface area contributed by atoms with E-state index in [1.807, 2.05) is 62.4 Å². The van der Waals surface area contributed by atoms with Crippen molar-refractivity contribution >= 4 is 58.2 Å². The van der Waals surface area contributed by atoms with Gasteiger partial charge in [-0.3, -0.25) is 38.6 Å². The highest BCUT2D eigenvalue weighted by atomic mass is 16.7. The SMILES string of the molecule is CC(C)N/C1=C(\N)c2ccccc2N(C(=O)CCC(=O)NCCOCCOCCOCCOCCC(=O)N[C@H](CCCCNC(=O)COC2CCCCCC3=C2NNN3[C@H]2O[C@H](CO)[C@@H](O[C@H]3O[C@H](CO)[C@@H](C)[C@H](O)[C@H]3O)[C@H](O)[C@H]2O)C(=O)N[C@H](C(=O)C[C@@H](C)C(=O)C(C)C)C(C)C)Cc2ccccc21. The number of unbranched alkanes of at least 4 members (excludes halogenated alkanes) is 1. The van der Waals surface area contributed by atoms with Crippen molar-refractivity contribution in [1.29, 1.82) is 0 Å². The minimum Gasteiger partial charge on any atom is -0.396 e. The summed E-state index contributed by atoms with van der Waals surface area (Å²) < 4.78 is 46.4. The van der Waals surface area contributed by atoms with E-state index in [0.29, 0.717) is 55.0 Å². The Hall–Kier alpha value is -6.79. The van der Waals surface area contributed by atoms with Crippen LogP contribution in [0.15, 0.2) is 59.9 Å². The molecule has 2 saturated heterocycles. The molecular weight excluding hydrogens is 1360 g/mol. The molecule has 4 heterocycles. The monoisotopic (exact) mass is 1480 g/mol. The fraction of sp³-hybridized carbons (Fsp3) is 0.689. The summed E-state index contributed by atoms with van der Waals surface area (Å²) in [5, 5.41) is 80.9. The van der Waals surface area contributed by atoms with Gasteiger partial charge in [0.2, 0.25) is 29.5 Å². The number of ether oxygens (including phenoxy) is 8. The Balaban J connectivity index is 0.790. The molecule has 14 atom stereocenters. The first kappa shape index (κ1) is 85.5. The third kappa shape index (κ3) is 24.9. The number of aliphatic hydroxyl groups is 6. The molecule has 0 aromatic heterocycles. The number of allylic oxidation sites excluding steroid dienone is 1. The van der Waals surface area contributed by atoms with Gasteiger partial charge in [-0.1, -0.05) is 96.8 Å². The van der Waals surface area contributed by atoms with Gasteiger partial charge in [0.15, 0.2) is 18.3 Å². The van der Waals surface area contributed by atoms with E-state index in [1.165, 1.54) is 5.01 Å². The number of nitrogens with one attached hydrogen (secondary N) is 7. The Morgan fingerprint density at radius 2 is 1.34 bits per heavy atom. The van der Waals surface area contributed by atoms with Gasteiger partial charge in [0.25, 0.3) is 0 Å². The molecule has 7 rings (SSSR count). The largest absolute Gasteiger partial charge is 0.396 e. The molecule has 31 nitrogen and oxygen atoms in total. The molecule has 1 unspecified atom stereocenters. The van der Waals surface area contributed by atoms with E-state index >= 15 is 0 Å². The number of hydrazine groups is 2. The van der Waals surface area contributed by atoms with Crippen LogP contribution in [0.25, 0.3) is 11.4 Å². The zero-order valence-corrected chi connectivity index (χ0v) is 62.1. The predicted molar refractivity (Wildman–Crippen MR) is 385 cm³/mol. The van der Waals surface area contributed by atoms with Crippen LogP contribution in [0.5, 0.6) is 0 Å². The minimum atomic E-state index is -1.69. The molecule has 2 aromatic rings. The molecule has 0 radical (unpaired) electrons. The second kappa shape index (κ2) is 43.3. The van der Waals surface area contributed by atoms with Crippen molar-refractivity contribution in [3.05, 3.63) is 76.6 Å². The minimum absolute atomic E-state index is 0.00518. The van der Waals surface area contributed by atoms with Crippen molar-refractivity contribution in [2.24, 2.45) is 29.4 Å². The number of ketones is 2. The molecule has 0 bridgehead atoms. The van der Waals surface area contributed by atoms with E-state index in [-0.39, 0.29) is 146 Å². The summed E-state index contributed by atoms with van der Waals surface area (Å²) in [6.45, 7) is 15.5. The molecule has 0 saturated carbocycles. The average Bonchev–Trinajstić information content (AvgIpc) is 1.66. The molecule has 31 heteroatoms. The van der Waals surface area contributed by atoms with Gasteiger partial charge in [0, 0.05) is 73.7 Å². The van der Waals surface area contributed by atoms with Gasteiger partial charge in [0.05, 0.1) is 119 Å². The molecule has 4 aliphatic heterocycles. The number of carbonyl (C=O) groups is 7. The van der Waals surface area contributed by atoms with Crippen LogP contribution in [-0.4, -0.2) is 242 Å². The first-order valence-electron chi connectivity index (χ1n) is 37.2. The number of para-hydroxylation sites is 1. The molecule has 1 aliphatic carbocycles. The van der Waals surface area contributed by atoms with E-state index in [1.54, 1.807) is 46.4 Å². The van der Waals surface area contributed by atoms with E-state index in [0.717, 1.165) is 41.6 Å². The molecule has 5 aliphatic rings. The first-order chi connectivity index (χ1) is 50.3. The van der Waals surface area contributed by atoms with Crippen LogP contribution in [-0.2, 0) is 78.0 Å². The summed E-state index contributed by atoms with van der Waals surface area (Å²) in [4.78, 5) is 95.4. The number of nitrogens with zero attached hydrogens (tertiary/aromatic N) is 2. The molecule has 105 heavy (non-hydrogen) atoms. The molecule has 0 spiro atoms. The normalized spacial score (nSPS) is 25.0. The highest BCUT2D eigenvalue weighted by molar-refractivity contribution is 6.02. The summed E-state index contributed by atoms with van der Waals surface area (Å²) in [7, 11) is 0. The Kier molecular flexibility index (Phi) is 35.2. The summed E-state index contributed by atoms with van der Waals surface area (Å²) in [6.07, 6.45) is -9.16. The number of fused-ring (bicyclic) bond motifs is 2. The lowest BCUT2D eigenvalue weighted by atomic mass is 9.88. The Morgan fingerprint density at radius 1 is 0.686 bits per heavy atom. The number of aliphatic hydroxyl groups excluding tert-OH is 6. The van der Waals surface area contributed by atoms with Crippen molar-refractivity contribution < 1.29 is 102 Å². The number of anilines is 1. The van der Waals surface area contributed by atoms with Gasteiger partial charge in [0.1, 0.15) is 55.1 Å². The van der Waals surface area contributed by atoms with Crippen molar-refractivity contribution in [3.63, 3.8) is 0 Å². The quantitative estimate of drug-likeness (QED) is 0.0415. The Labute approximate surface area is 615 Å². The van der Waals surface area contributed by atoms with Crippen molar-refractivity contribution in [3.8, 4) is 0 Å². The molecule has 588 valence electrons. The second-order valence-corrected chi connectivity index (χ2v) is 28.4. The number of hydrogen-bond acceptors (Lipinski definition) is 26. The van der Waals surface area contributed by atoms with Crippen molar-refractivity contribution in [2.75, 3.05) is 90.7 Å². The maximum Gasteiger partial charge on any atom is 0.246 e. The highest BCUT2D eigenvalue weighted by Gasteiger charge is 2.52. The standard InChI is InChI=1S/C74H116N10O21/c1-43(2)63(54(87)38-46(7)66(92)44(3)4)80-72(97)51(21-16-17-28-76-60(90)42-102-55-24-11-9-10-23-53-65(55)81-82-84(53)73-69(95)68(94)71(57(41-86)103-73)105-74-70(96)67(93)47(8)56(40-85)104-74)79-59(89)27-30-98-32-34-100-36-37-101-35-33-99-31-29-77-58(88)25-26-61(91)83-39-48-18-12-13-19-49(48)64(78-45(5)6)62(75)50-20-14-15-22-52(50)83/h12-15,18-20,22,43-47,51,55-57,63,67-71,73-74,78,81-82,85-86,93-96H,9-11,16-17,21,23-42,75H2,1-8H3,(H,76,90)(H,77,88)(H,79,89)(H,80,97)/b64-62-/t46-,47-,51-,55?,56-,57-,63+,67+,68-,69-,70-,71-,73+,74-/m1/s1. The van der Waals surface area contributed by atoms with Crippen LogP contribution in [0.1, 0.15) is 149 Å². The summed E-state index contributed by atoms with van der Waals surface area (Å²) in [5.41, 5.74) is 18.7. The number of rotatable bonds is 42. The van der Waals surface area contributed by atoms with Crippen molar-refractivity contribution in [1.82, 2.24) is 42.6 Å². The third-order valence-electron chi connectivity index (χ3n) is 19.3. The first-order valence-corrected chi connectivity index (χ1v) is 37.2. The van der Waals surface area contributed by atoms with E-state index < -0.39 is 116 Å². The van der Waals surface area contributed by atoms with Crippen LogP contribution < -0.4 is 48.2 Å². The maximum atomic E-state index is 14.0. The number of Topliss-reactive ketones (excluding diaryl/α,β-unsaturated/α-hetero) is 2. The Morgan fingerprint density at radius 3 is 2.02 bits per heavy atom. The van der Waals surface area contributed by atoms with Crippen LogP contribution >= 0.6 is 0 Å². The van der Waals surface area contributed by atoms with Crippen molar-refractivity contribution in [2.45, 2.75) is 218 Å². The number of amides is 5. The summed E-state index contributed by atoms with van der Waals surface area (Å²) in [5.74, 6) is -4.11. The van der Waals surface area contributed by atoms with Gasteiger partial charge < -0.3 is 111 Å². The number of nitrogens with two attached hydrogens (primary N) is 1. The molecular formula is C74H116N10O21. The molecule has 15 N–H and O–H groups in total. The number of carbonyl (C=O) groups excluding carboxylic acids is 7. The Bertz CT molecular complexity index is 3190. The molecule has 2 fully saturated rings. The lowest BCUT2D eigenvalue weighted by molar-refractivity contribution is -0.344. The number of hydrogen-bond donors (Lipinski definition) is 14. The smallest absolute Gasteiger partial charge is 0.246 e. The maximum absolute atomic E-state index is 14.0. The van der Waals surface area contributed by atoms with E-state index in [2.05, 4.69) is 37.5 Å². The van der Waals surface area contributed by atoms with Gasteiger partial charge in [-0.25, -0.2) is 0 Å². The van der Waals surface area contributed by atoms with Crippen LogP contribution in [0, 0.1) is 23.7 Å². The zero-order chi connectivity index (χ0) is 76.3. The third-order valence-corrected chi connectivity index (χ3v) is 19.3. The summed E-state index contributed by atoms with van der Waals surface area (Å²) in [6, 6.07) is 13.5. The highest BCUT2D eigenvalue weighted by Crippen LogP contribution is 2.38. The lowest BCUT2D eigenvalue weighted by Gasteiger charge is -2.48. The average molecular weight is 1480 g/mol. The summed E-state index contributed by atoms with van der Waals surface area (Å²) >= 11 is 0. The van der Waals surface area contributed by atoms with Gasteiger partial charge in [-0.2, -0.15) is 0 Å². The molecule has 2 aromatic carbocycles. The zero-order valence-electron chi connectivity index (χ0n) is 62.1. The topological polar surface area (TPSA) is 431 Å². The van der Waals surface area contributed by atoms with E-state index in [9.17, 15) is 64.2 Å². The van der Waals surface area contributed by atoms with E-state index in [4.69, 9.17) is 43.6 Å². The second-order valence-electron chi connectivity index (χ2n) is 28.4. The fourth-order valence-electron chi connectivity index (χ4n) is 13.3. The molecule has 5 amide bonds. The predicted octanol–water partition coefficient (Wildman–Crippen LogP) is 1.19. The van der Waals surface area contributed by atoms with Crippen LogP contribution in [0.3, 0.4) is 0 Å². The number of benzene rings is 2. The van der Waals surface area contributed by atoms with Crippen LogP contribution in [0.2, 0.25) is 0 Å². The van der Waals surface area contributed by atoms with Gasteiger partial charge in [-0.05, 0) is 69.9 Å².